The highest BCUT2D eigenvalue weighted by Gasteiger charge is 2.73. The summed E-state index contributed by atoms with van der Waals surface area (Å²) in [6.07, 6.45) is 4.05. The first-order valence-electron chi connectivity index (χ1n) is 14.8. The van der Waals surface area contributed by atoms with E-state index in [-0.39, 0.29) is 37.0 Å². The zero-order valence-electron chi connectivity index (χ0n) is 23.8. The average Bonchev–Trinajstić information content (AvgIpc) is 3.34. The quantitative estimate of drug-likeness (QED) is 0.182. The number of aliphatic hydroxyl groups is 2. The summed E-state index contributed by atoms with van der Waals surface area (Å²) in [5.74, 6) is -3.65. The van der Waals surface area contributed by atoms with Crippen LogP contribution < -0.4 is 27.0 Å². The van der Waals surface area contributed by atoms with Crippen LogP contribution in [-0.4, -0.2) is 99.0 Å². The molecular weight excluding hydrogens is 566 g/mol. The Morgan fingerprint density at radius 2 is 1.82 bits per heavy atom. The van der Waals surface area contributed by atoms with E-state index in [0.717, 1.165) is 36.1 Å². The number of hydrogen-bond acceptors (Lipinski definition) is 11. The van der Waals surface area contributed by atoms with E-state index in [2.05, 4.69) is 26.7 Å². The fraction of sp³-hybridized carbons (Fsp3) is 0.433. The second-order valence-electron chi connectivity index (χ2n) is 12.6. The van der Waals surface area contributed by atoms with Crippen molar-refractivity contribution in [3.63, 3.8) is 0 Å². The molecule has 1 saturated carbocycles. The molecule has 228 valence electrons. The Labute approximate surface area is 252 Å². The molecule has 2 aromatic rings. The highest BCUT2D eigenvalue weighted by Crippen LogP contribution is 2.57. The minimum Gasteiger partial charge on any atom is -0.370 e. The lowest BCUT2D eigenvalue weighted by Gasteiger charge is -2.49. The summed E-state index contributed by atoms with van der Waals surface area (Å²) in [7, 11) is 0. The van der Waals surface area contributed by atoms with Crippen molar-refractivity contribution in [3.05, 3.63) is 65.2 Å². The van der Waals surface area contributed by atoms with Crippen molar-refractivity contribution in [2.45, 2.75) is 60.7 Å². The molecule has 8 N–H and O–H groups in total. The summed E-state index contributed by atoms with van der Waals surface area (Å²) in [4.78, 5) is 52.9. The fourth-order valence-corrected chi connectivity index (χ4v) is 7.92. The van der Waals surface area contributed by atoms with Crippen LogP contribution >= 0.6 is 0 Å². The van der Waals surface area contributed by atoms with E-state index in [4.69, 9.17) is 11.5 Å². The van der Waals surface area contributed by atoms with Gasteiger partial charge in [-0.15, -0.1) is 0 Å². The van der Waals surface area contributed by atoms with Gasteiger partial charge in [0.05, 0.1) is 12.6 Å². The molecule has 2 aliphatic carbocycles. The van der Waals surface area contributed by atoms with E-state index in [1.165, 1.54) is 15.4 Å². The van der Waals surface area contributed by atoms with Crippen LogP contribution in [0.2, 0.25) is 0 Å². The molecule has 2 spiro atoms. The smallest absolute Gasteiger partial charge is 0.331 e. The number of aliphatic imine (C=N–C) groups is 2. The third-order valence-corrected chi connectivity index (χ3v) is 10.3. The Kier molecular flexibility index (Phi) is 5.46. The van der Waals surface area contributed by atoms with Gasteiger partial charge in [0.1, 0.15) is 18.6 Å². The molecule has 0 radical (unpaired) electrons. The maximum atomic E-state index is 13.7. The maximum Gasteiger partial charge on any atom is 0.331 e. The number of para-hydroxylation sites is 1. The Balaban J connectivity index is 1.07. The van der Waals surface area contributed by atoms with E-state index in [1.807, 2.05) is 12.1 Å². The SMILES string of the molecule is NC1=N[C@H]2[C@H](CN3C(=O)CN(c4ccccc4)C3=O)N=C(N)N3CC(NC(=O)c4cccc5c4CCC54CC4)C(O)(O)[C@]23N1. The monoisotopic (exact) mass is 599 g/mol. The molecule has 3 fully saturated rings. The number of benzene rings is 2. The summed E-state index contributed by atoms with van der Waals surface area (Å²) in [6, 6.07) is 10.8. The highest BCUT2D eigenvalue weighted by atomic mass is 16.5. The number of guanidine groups is 2. The lowest BCUT2D eigenvalue weighted by atomic mass is 9.84. The van der Waals surface area contributed by atoms with Crippen LogP contribution in [0.5, 0.6) is 0 Å². The number of nitrogens with one attached hydrogen (secondary N) is 2. The molecule has 2 aromatic carbocycles. The second-order valence-corrected chi connectivity index (χ2v) is 12.6. The van der Waals surface area contributed by atoms with E-state index in [1.54, 1.807) is 30.3 Å². The number of nitrogens with zero attached hydrogens (tertiary/aromatic N) is 5. The molecule has 4 amide bonds. The van der Waals surface area contributed by atoms with Gasteiger partial charge < -0.3 is 37.2 Å². The Bertz CT molecular complexity index is 1670. The molecule has 4 aliphatic heterocycles. The van der Waals surface area contributed by atoms with Gasteiger partial charge in [0.2, 0.25) is 5.79 Å². The van der Waals surface area contributed by atoms with Crippen LogP contribution in [0.1, 0.15) is 40.7 Å². The van der Waals surface area contributed by atoms with E-state index < -0.39 is 47.4 Å². The Morgan fingerprint density at radius 1 is 1.05 bits per heavy atom. The second kappa shape index (κ2) is 8.92. The van der Waals surface area contributed by atoms with Gasteiger partial charge >= 0.3 is 6.03 Å². The molecule has 6 aliphatic rings. The largest absolute Gasteiger partial charge is 0.370 e. The molecule has 0 aromatic heterocycles. The van der Waals surface area contributed by atoms with Crippen LogP contribution in [0.15, 0.2) is 58.5 Å². The average molecular weight is 600 g/mol. The van der Waals surface area contributed by atoms with Gasteiger partial charge in [-0.1, -0.05) is 30.3 Å². The van der Waals surface area contributed by atoms with E-state index in [9.17, 15) is 24.6 Å². The minimum atomic E-state index is -2.64. The first-order valence-corrected chi connectivity index (χ1v) is 14.8. The summed E-state index contributed by atoms with van der Waals surface area (Å²) >= 11 is 0. The number of fused-ring (bicyclic) bond motifs is 2. The number of carbonyl (C=O) groups is 3. The number of imide groups is 1. The number of rotatable bonds is 5. The number of hydrogen-bond donors (Lipinski definition) is 6. The first-order chi connectivity index (χ1) is 21.1. The highest BCUT2D eigenvalue weighted by molar-refractivity contribution is 6.12. The predicted molar refractivity (Wildman–Crippen MR) is 158 cm³/mol. The number of carbonyl (C=O) groups excluding carboxylic acids is 3. The Morgan fingerprint density at radius 3 is 2.57 bits per heavy atom. The van der Waals surface area contributed by atoms with Gasteiger partial charge in [0.15, 0.2) is 17.6 Å². The van der Waals surface area contributed by atoms with Crippen LogP contribution in [0.3, 0.4) is 0 Å². The van der Waals surface area contributed by atoms with Gasteiger partial charge in [0, 0.05) is 17.8 Å². The van der Waals surface area contributed by atoms with Gasteiger partial charge in [-0.2, -0.15) is 0 Å². The molecule has 14 heteroatoms. The topological polar surface area (TPSA) is 202 Å². The number of urea groups is 1. The molecule has 2 saturated heterocycles. The molecule has 4 atom stereocenters. The van der Waals surface area contributed by atoms with Crippen LogP contribution in [0, 0.1) is 0 Å². The van der Waals surface area contributed by atoms with Crippen molar-refractivity contribution in [1.29, 1.82) is 0 Å². The number of anilines is 1. The third kappa shape index (κ3) is 3.51. The van der Waals surface area contributed by atoms with Gasteiger partial charge in [0.25, 0.3) is 11.8 Å². The molecule has 8 rings (SSSR count). The van der Waals surface area contributed by atoms with Crippen LogP contribution in [0.25, 0.3) is 0 Å². The van der Waals surface area contributed by atoms with Crippen molar-refractivity contribution in [2.24, 2.45) is 21.5 Å². The van der Waals surface area contributed by atoms with Crippen LogP contribution in [-0.2, 0) is 16.6 Å². The zero-order chi connectivity index (χ0) is 30.6. The standard InChI is InChI=1S/C30H33N9O5/c31-25-35-23-20(13-38-22(40)15-37(27(38)42)16-5-2-1-3-6-16)33-26(32)39-14-21(30(43,44)29(23,39)36-25)34-24(41)18-7-4-8-19-17(18)9-10-28(19)11-12-28/h1-8,20-21,23,43-44H,9-15H2,(H2,32,33)(H,34,41)(H3,31,35,36)/t20-,21?,23-,29-/m0/s1. The zero-order valence-corrected chi connectivity index (χ0v) is 23.8. The summed E-state index contributed by atoms with van der Waals surface area (Å²) in [5.41, 5.74) is 14.2. The van der Waals surface area contributed by atoms with Gasteiger partial charge in [-0.3, -0.25) is 19.4 Å². The molecule has 0 bridgehead atoms. The number of amides is 4. The molecule has 4 heterocycles. The first kappa shape index (κ1) is 26.9. The molecule has 1 unspecified atom stereocenters. The molecule has 44 heavy (non-hydrogen) atoms. The normalized spacial score (nSPS) is 30.5. The van der Waals surface area contributed by atoms with Crippen LogP contribution in [0.4, 0.5) is 10.5 Å². The Hall–Kier alpha value is -4.69. The lowest BCUT2D eigenvalue weighted by Crippen LogP contribution is -2.78. The van der Waals surface area contributed by atoms with Crippen molar-refractivity contribution in [2.75, 3.05) is 24.5 Å². The fourth-order valence-electron chi connectivity index (χ4n) is 7.92. The molecule has 14 nitrogen and oxygen atoms in total. The van der Waals surface area contributed by atoms with Crippen molar-refractivity contribution in [1.82, 2.24) is 20.4 Å². The summed E-state index contributed by atoms with van der Waals surface area (Å²) in [6.45, 7) is -0.469. The predicted octanol–water partition coefficient (Wildman–Crippen LogP) is -1.09. The van der Waals surface area contributed by atoms with E-state index >= 15 is 0 Å². The van der Waals surface area contributed by atoms with Crippen molar-refractivity contribution < 1.29 is 24.6 Å². The number of nitrogens with two attached hydrogens (primary N) is 2. The minimum absolute atomic E-state index is 0.0665. The lowest BCUT2D eigenvalue weighted by molar-refractivity contribution is -0.230. The van der Waals surface area contributed by atoms with E-state index in [0.29, 0.717) is 11.3 Å². The maximum absolute atomic E-state index is 13.7. The summed E-state index contributed by atoms with van der Waals surface area (Å²) < 4.78 is 0. The summed E-state index contributed by atoms with van der Waals surface area (Å²) in [5, 5.41) is 29.4. The third-order valence-electron chi connectivity index (χ3n) is 10.3. The molecular formula is C30H33N9O5. The van der Waals surface area contributed by atoms with Gasteiger partial charge in [-0.05, 0) is 60.4 Å². The van der Waals surface area contributed by atoms with Crippen molar-refractivity contribution in [3.8, 4) is 0 Å². The van der Waals surface area contributed by atoms with Crippen molar-refractivity contribution >= 4 is 35.5 Å². The van der Waals surface area contributed by atoms with Gasteiger partial charge in [-0.25, -0.2) is 14.8 Å².